The molecule has 1 fully saturated rings. The third kappa shape index (κ3) is 5.86. The monoisotopic (exact) mass is 227 g/mol. The zero-order valence-corrected chi connectivity index (χ0v) is 10.7. The molecule has 0 radical (unpaired) electrons. The molecular formula is C14H29NO. The van der Waals surface area contributed by atoms with Gasteiger partial charge in [-0.25, -0.2) is 0 Å². The second-order valence-electron chi connectivity index (χ2n) is 5.37. The topological polar surface area (TPSA) is 46.2 Å². The van der Waals surface area contributed by atoms with Crippen molar-refractivity contribution in [3.8, 4) is 0 Å². The molecule has 0 spiro atoms. The highest BCUT2D eigenvalue weighted by molar-refractivity contribution is 4.72. The lowest BCUT2D eigenvalue weighted by Crippen LogP contribution is -2.33. The Balaban J connectivity index is 2.30. The van der Waals surface area contributed by atoms with Crippen LogP contribution in [-0.4, -0.2) is 17.8 Å². The Hall–Kier alpha value is -0.0800. The maximum atomic E-state index is 9.15. The molecule has 1 aliphatic rings. The van der Waals surface area contributed by atoms with Crippen LogP contribution in [-0.2, 0) is 0 Å². The van der Waals surface area contributed by atoms with E-state index in [0.29, 0.717) is 5.92 Å². The van der Waals surface area contributed by atoms with E-state index >= 15 is 0 Å². The van der Waals surface area contributed by atoms with Crippen LogP contribution in [0.2, 0.25) is 0 Å². The highest BCUT2D eigenvalue weighted by Gasteiger charge is 2.16. The molecular weight excluding hydrogens is 198 g/mol. The van der Waals surface area contributed by atoms with Crippen molar-refractivity contribution in [3.63, 3.8) is 0 Å². The number of nitrogens with two attached hydrogens (primary N) is 1. The molecule has 0 saturated heterocycles. The summed E-state index contributed by atoms with van der Waals surface area (Å²) in [5, 5.41) is 9.15. The third-order valence-electron chi connectivity index (χ3n) is 3.97. The minimum Gasteiger partial charge on any atom is -0.395 e. The van der Waals surface area contributed by atoms with Gasteiger partial charge in [-0.2, -0.15) is 0 Å². The fourth-order valence-electron chi connectivity index (χ4n) is 2.77. The van der Waals surface area contributed by atoms with Crippen LogP contribution in [0.5, 0.6) is 0 Å². The van der Waals surface area contributed by atoms with Crippen molar-refractivity contribution in [3.05, 3.63) is 0 Å². The van der Waals surface area contributed by atoms with E-state index in [9.17, 15) is 0 Å². The lowest BCUT2D eigenvalue weighted by Gasteiger charge is -2.22. The van der Waals surface area contributed by atoms with E-state index in [0.717, 1.165) is 0 Å². The fraction of sp³-hybridized carbons (Fsp3) is 1.00. The van der Waals surface area contributed by atoms with E-state index in [1.807, 2.05) is 0 Å². The van der Waals surface area contributed by atoms with E-state index in [-0.39, 0.29) is 12.6 Å². The number of hydrogen-bond donors (Lipinski definition) is 2. The summed E-state index contributed by atoms with van der Waals surface area (Å²) in [4.78, 5) is 0. The Bertz CT molecular complexity index is 149. The van der Waals surface area contributed by atoms with E-state index in [2.05, 4.69) is 0 Å². The number of hydrogen-bond acceptors (Lipinski definition) is 2. The van der Waals surface area contributed by atoms with Crippen molar-refractivity contribution in [1.82, 2.24) is 0 Å². The Labute approximate surface area is 101 Å². The van der Waals surface area contributed by atoms with Crippen LogP contribution in [0.4, 0.5) is 0 Å². The van der Waals surface area contributed by atoms with Crippen LogP contribution in [0.25, 0.3) is 0 Å². The van der Waals surface area contributed by atoms with Gasteiger partial charge in [0.2, 0.25) is 0 Å². The molecule has 3 N–H and O–H groups in total. The zero-order valence-electron chi connectivity index (χ0n) is 10.7. The van der Waals surface area contributed by atoms with Crippen LogP contribution in [0, 0.1) is 5.92 Å². The second kappa shape index (κ2) is 9.00. The smallest absolute Gasteiger partial charge is 0.0585 e. The normalized spacial score (nSPS) is 24.4. The van der Waals surface area contributed by atoms with Crippen LogP contribution < -0.4 is 5.73 Å². The quantitative estimate of drug-likeness (QED) is 0.761. The molecule has 2 nitrogen and oxygen atoms in total. The number of rotatable bonds is 2. The third-order valence-corrected chi connectivity index (χ3v) is 3.97. The average molecular weight is 227 g/mol. The Morgan fingerprint density at radius 1 is 0.812 bits per heavy atom. The molecule has 1 unspecified atom stereocenters. The molecule has 0 aliphatic heterocycles. The first-order chi connectivity index (χ1) is 7.84. The van der Waals surface area contributed by atoms with Gasteiger partial charge < -0.3 is 10.8 Å². The van der Waals surface area contributed by atoms with Gasteiger partial charge in [-0.1, -0.05) is 57.8 Å². The zero-order chi connectivity index (χ0) is 11.6. The Morgan fingerprint density at radius 2 is 1.19 bits per heavy atom. The maximum Gasteiger partial charge on any atom is 0.0585 e. The van der Waals surface area contributed by atoms with Gasteiger partial charge in [-0.05, 0) is 18.8 Å². The molecule has 16 heavy (non-hydrogen) atoms. The van der Waals surface area contributed by atoms with Crippen molar-refractivity contribution in [2.24, 2.45) is 11.7 Å². The molecule has 1 rings (SSSR count). The van der Waals surface area contributed by atoms with Gasteiger partial charge in [-0.3, -0.25) is 0 Å². The van der Waals surface area contributed by atoms with Gasteiger partial charge >= 0.3 is 0 Å². The van der Waals surface area contributed by atoms with Crippen LogP contribution in [0.1, 0.15) is 70.6 Å². The van der Waals surface area contributed by atoms with Crippen LogP contribution >= 0.6 is 0 Å². The molecule has 0 heterocycles. The molecule has 0 aromatic rings. The summed E-state index contributed by atoms with van der Waals surface area (Å²) >= 11 is 0. The Kier molecular flexibility index (Phi) is 7.87. The van der Waals surface area contributed by atoms with Crippen molar-refractivity contribution in [2.45, 2.75) is 76.7 Å². The summed E-state index contributed by atoms with van der Waals surface area (Å²) < 4.78 is 0. The van der Waals surface area contributed by atoms with Crippen LogP contribution in [0.15, 0.2) is 0 Å². The van der Waals surface area contributed by atoms with Gasteiger partial charge in [0.05, 0.1) is 6.61 Å². The van der Waals surface area contributed by atoms with Crippen LogP contribution in [0.3, 0.4) is 0 Å². The van der Waals surface area contributed by atoms with E-state index in [1.165, 1.54) is 70.6 Å². The fourth-order valence-corrected chi connectivity index (χ4v) is 2.77. The lowest BCUT2D eigenvalue weighted by atomic mass is 9.88. The van der Waals surface area contributed by atoms with Gasteiger partial charge in [0.1, 0.15) is 0 Å². The summed E-state index contributed by atoms with van der Waals surface area (Å²) in [6, 6.07) is 0.0166. The molecule has 1 aliphatic carbocycles. The standard InChI is InChI=1S/C14H29NO/c15-14(12-16)13-10-8-6-4-2-1-3-5-7-9-11-13/h13-14,16H,1-12,15H2. The first-order valence-electron chi connectivity index (χ1n) is 7.21. The molecule has 0 amide bonds. The Morgan fingerprint density at radius 3 is 1.56 bits per heavy atom. The molecule has 0 bridgehead atoms. The molecule has 2 heteroatoms. The van der Waals surface area contributed by atoms with Crippen molar-refractivity contribution in [1.29, 1.82) is 0 Å². The molecule has 1 saturated carbocycles. The van der Waals surface area contributed by atoms with Gasteiger partial charge in [-0.15, -0.1) is 0 Å². The molecule has 1 atom stereocenters. The van der Waals surface area contributed by atoms with Gasteiger partial charge in [0.15, 0.2) is 0 Å². The number of aliphatic hydroxyl groups excluding tert-OH is 1. The van der Waals surface area contributed by atoms with Crippen molar-refractivity contribution >= 4 is 0 Å². The molecule has 0 aromatic heterocycles. The minimum absolute atomic E-state index is 0.0166. The largest absolute Gasteiger partial charge is 0.395 e. The van der Waals surface area contributed by atoms with Crippen molar-refractivity contribution in [2.75, 3.05) is 6.61 Å². The van der Waals surface area contributed by atoms with Gasteiger partial charge in [0.25, 0.3) is 0 Å². The predicted octanol–water partition coefficient (Wildman–Crippen LogP) is 3.23. The average Bonchev–Trinajstić information content (AvgIpc) is 2.29. The van der Waals surface area contributed by atoms with E-state index in [1.54, 1.807) is 0 Å². The first kappa shape index (κ1) is 14.0. The minimum atomic E-state index is 0.0166. The maximum absolute atomic E-state index is 9.15. The summed E-state index contributed by atoms with van der Waals surface area (Å²) in [5.74, 6) is 0.560. The predicted molar refractivity (Wildman–Crippen MR) is 69.3 cm³/mol. The highest BCUT2D eigenvalue weighted by Crippen LogP contribution is 2.22. The summed E-state index contributed by atoms with van der Waals surface area (Å²) in [6.07, 6.45) is 14.8. The first-order valence-corrected chi connectivity index (χ1v) is 7.21. The molecule has 0 aromatic carbocycles. The summed E-state index contributed by atoms with van der Waals surface area (Å²) in [6.45, 7) is 0.157. The van der Waals surface area contributed by atoms with Gasteiger partial charge in [0, 0.05) is 6.04 Å². The highest BCUT2D eigenvalue weighted by atomic mass is 16.3. The van der Waals surface area contributed by atoms with E-state index < -0.39 is 0 Å². The van der Waals surface area contributed by atoms with Crippen molar-refractivity contribution < 1.29 is 5.11 Å². The second-order valence-corrected chi connectivity index (χ2v) is 5.37. The lowest BCUT2D eigenvalue weighted by molar-refractivity contribution is 0.209. The van der Waals surface area contributed by atoms with E-state index in [4.69, 9.17) is 10.8 Å². The number of aliphatic hydroxyl groups is 1. The summed E-state index contributed by atoms with van der Waals surface area (Å²) in [5.41, 5.74) is 5.98. The summed E-state index contributed by atoms with van der Waals surface area (Å²) in [7, 11) is 0. The SMILES string of the molecule is NC(CO)C1CCCCCCCCCCC1. The molecule has 96 valence electrons.